The molecule has 0 aliphatic heterocycles. The van der Waals surface area contributed by atoms with Crippen LogP contribution in [0.1, 0.15) is 24.4 Å². The lowest BCUT2D eigenvalue weighted by Gasteiger charge is -2.17. The molecule has 96 valence electrons. The molecule has 0 saturated heterocycles. The fourth-order valence-corrected chi connectivity index (χ4v) is 2.07. The monoisotopic (exact) mass is 266 g/mol. The van der Waals surface area contributed by atoms with E-state index >= 15 is 0 Å². The summed E-state index contributed by atoms with van der Waals surface area (Å²) < 4.78 is 1.83. The second-order valence-corrected chi connectivity index (χ2v) is 4.22. The summed E-state index contributed by atoms with van der Waals surface area (Å²) in [5.41, 5.74) is 3.66. The average Bonchev–Trinajstić information content (AvgIpc) is 2.84. The Balaban J connectivity index is 2.23. The lowest BCUT2D eigenvalue weighted by atomic mass is 10.1. The van der Waals surface area contributed by atoms with E-state index in [-0.39, 0.29) is 6.04 Å². The van der Waals surface area contributed by atoms with Crippen LogP contribution in [-0.4, -0.2) is 19.7 Å². The van der Waals surface area contributed by atoms with Gasteiger partial charge in [-0.15, -0.1) is 0 Å². The molecule has 2 rings (SSSR count). The lowest BCUT2D eigenvalue weighted by molar-refractivity contribution is 0.510. The molecule has 18 heavy (non-hydrogen) atoms. The Labute approximate surface area is 110 Å². The van der Waals surface area contributed by atoms with Crippen molar-refractivity contribution in [1.29, 1.82) is 0 Å². The standard InChI is InChI=1S/C11H15ClN6/c1-2-18-11(15-7-16-18)5-10(17-13)8-3-4-14-6-9(8)12/h3-4,6-7,10,17H,2,5,13H2,1H3. The summed E-state index contributed by atoms with van der Waals surface area (Å²) in [6.07, 6.45) is 5.45. The third-order valence-corrected chi connectivity index (χ3v) is 3.08. The van der Waals surface area contributed by atoms with Crippen molar-refractivity contribution in [2.75, 3.05) is 0 Å². The van der Waals surface area contributed by atoms with E-state index in [1.165, 1.54) is 0 Å². The van der Waals surface area contributed by atoms with Crippen LogP contribution >= 0.6 is 11.6 Å². The second kappa shape index (κ2) is 5.90. The normalized spacial score (nSPS) is 12.6. The zero-order valence-corrected chi connectivity index (χ0v) is 10.8. The van der Waals surface area contributed by atoms with E-state index in [2.05, 4.69) is 20.5 Å². The maximum atomic E-state index is 6.11. The van der Waals surface area contributed by atoms with Crippen LogP contribution in [0.5, 0.6) is 0 Å². The van der Waals surface area contributed by atoms with Crippen LogP contribution in [-0.2, 0) is 13.0 Å². The number of aromatic nitrogens is 4. The van der Waals surface area contributed by atoms with Gasteiger partial charge in [0.2, 0.25) is 0 Å². The van der Waals surface area contributed by atoms with Gasteiger partial charge in [-0.25, -0.2) is 4.98 Å². The molecular weight excluding hydrogens is 252 g/mol. The van der Waals surface area contributed by atoms with Crippen LogP contribution in [0.25, 0.3) is 0 Å². The molecule has 0 aliphatic carbocycles. The van der Waals surface area contributed by atoms with Crippen LogP contribution in [0.15, 0.2) is 24.8 Å². The van der Waals surface area contributed by atoms with Gasteiger partial charge in [-0.05, 0) is 18.6 Å². The molecule has 0 bridgehead atoms. The van der Waals surface area contributed by atoms with Crippen LogP contribution in [0, 0.1) is 0 Å². The molecular formula is C11H15ClN6. The highest BCUT2D eigenvalue weighted by molar-refractivity contribution is 6.31. The van der Waals surface area contributed by atoms with Gasteiger partial charge in [-0.3, -0.25) is 20.9 Å². The molecule has 0 saturated carbocycles. The Morgan fingerprint density at radius 1 is 1.56 bits per heavy atom. The van der Waals surface area contributed by atoms with Crippen molar-refractivity contribution < 1.29 is 0 Å². The molecule has 0 radical (unpaired) electrons. The number of halogens is 1. The Kier molecular flexibility index (Phi) is 4.24. The third kappa shape index (κ3) is 2.66. The van der Waals surface area contributed by atoms with Crippen LogP contribution in [0.2, 0.25) is 5.02 Å². The van der Waals surface area contributed by atoms with Gasteiger partial charge in [0.25, 0.3) is 0 Å². The molecule has 7 heteroatoms. The molecule has 0 aromatic carbocycles. The third-order valence-electron chi connectivity index (χ3n) is 2.76. The van der Waals surface area contributed by atoms with E-state index in [4.69, 9.17) is 17.4 Å². The first-order valence-corrected chi connectivity index (χ1v) is 6.06. The molecule has 3 N–H and O–H groups in total. The van der Waals surface area contributed by atoms with Gasteiger partial charge in [0, 0.05) is 25.4 Å². The number of aryl methyl sites for hydroxylation is 1. The van der Waals surface area contributed by atoms with E-state index in [0.717, 1.165) is 17.9 Å². The Morgan fingerprint density at radius 3 is 3.06 bits per heavy atom. The molecule has 1 unspecified atom stereocenters. The second-order valence-electron chi connectivity index (χ2n) is 3.81. The quantitative estimate of drug-likeness (QED) is 0.625. The van der Waals surface area contributed by atoms with Gasteiger partial charge in [0.05, 0.1) is 11.1 Å². The average molecular weight is 267 g/mol. The summed E-state index contributed by atoms with van der Waals surface area (Å²) in [5, 5.41) is 4.72. The number of nitrogens with one attached hydrogen (secondary N) is 1. The number of hydrogen-bond acceptors (Lipinski definition) is 5. The fourth-order valence-electron chi connectivity index (χ4n) is 1.82. The van der Waals surface area contributed by atoms with Crippen molar-refractivity contribution in [3.8, 4) is 0 Å². The van der Waals surface area contributed by atoms with Crippen molar-refractivity contribution in [1.82, 2.24) is 25.2 Å². The van der Waals surface area contributed by atoms with Crippen LogP contribution in [0.3, 0.4) is 0 Å². The number of nitrogens with two attached hydrogens (primary N) is 1. The highest BCUT2D eigenvalue weighted by Crippen LogP contribution is 2.23. The van der Waals surface area contributed by atoms with E-state index < -0.39 is 0 Å². The molecule has 0 aliphatic rings. The molecule has 0 fully saturated rings. The summed E-state index contributed by atoms with van der Waals surface area (Å²) in [6.45, 7) is 2.79. The molecule has 1 atom stereocenters. The first-order valence-electron chi connectivity index (χ1n) is 5.68. The minimum absolute atomic E-state index is 0.116. The number of pyridine rings is 1. The summed E-state index contributed by atoms with van der Waals surface area (Å²) in [4.78, 5) is 8.19. The van der Waals surface area contributed by atoms with Gasteiger partial charge in [-0.2, -0.15) is 5.10 Å². The van der Waals surface area contributed by atoms with E-state index in [0.29, 0.717) is 11.4 Å². The largest absolute Gasteiger partial charge is 0.271 e. The van der Waals surface area contributed by atoms with Crippen LogP contribution in [0.4, 0.5) is 0 Å². The lowest BCUT2D eigenvalue weighted by Crippen LogP contribution is -2.30. The molecule has 2 aromatic heterocycles. The molecule has 0 spiro atoms. The summed E-state index contributed by atoms with van der Waals surface area (Å²) in [6, 6.07) is 1.73. The maximum Gasteiger partial charge on any atom is 0.138 e. The number of hydrazine groups is 1. The Hall–Kier alpha value is -1.50. The highest BCUT2D eigenvalue weighted by atomic mass is 35.5. The smallest absolute Gasteiger partial charge is 0.138 e. The zero-order valence-electron chi connectivity index (χ0n) is 10.0. The number of nitrogens with zero attached hydrogens (tertiary/aromatic N) is 4. The van der Waals surface area contributed by atoms with E-state index in [1.54, 1.807) is 18.7 Å². The van der Waals surface area contributed by atoms with Crippen molar-refractivity contribution in [2.45, 2.75) is 25.9 Å². The number of hydrogen-bond donors (Lipinski definition) is 2. The minimum atomic E-state index is -0.116. The fraction of sp³-hybridized carbons (Fsp3) is 0.364. The van der Waals surface area contributed by atoms with Crippen molar-refractivity contribution >= 4 is 11.6 Å². The van der Waals surface area contributed by atoms with Gasteiger partial charge < -0.3 is 0 Å². The van der Waals surface area contributed by atoms with Crippen molar-refractivity contribution in [2.24, 2.45) is 5.84 Å². The van der Waals surface area contributed by atoms with E-state index in [9.17, 15) is 0 Å². The highest BCUT2D eigenvalue weighted by Gasteiger charge is 2.16. The summed E-state index contributed by atoms with van der Waals surface area (Å²) in [5.74, 6) is 6.46. The Morgan fingerprint density at radius 2 is 2.39 bits per heavy atom. The van der Waals surface area contributed by atoms with Crippen molar-refractivity contribution in [3.05, 3.63) is 41.2 Å². The summed E-state index contributed by atoms with van der Waals surface area (Å²) in [7, 11) is 0. The molecule has 6 nitrogen and oxygen atoms in total. The Bertz CT molecular complexity index is 512. The predicted octanol–water partition coefficient (Wildman–Crippen LogP) is 1.09. The predicted molar refractivity (Wildman–Crippen MR) is 68.7 cm³/mol. The van der Waals surface area contributed by atoms with Crippen LogP contribution < -0.4 is 11.3 Å². The topological polar surface area (TPSA) is 81.7 Å². The SMILES string of the molecule is CCn1ncnc1CC(NN)c1ccncc1Cl. The van der Waals surface area contributed by atoms with Gasteiger partial charge in [0.15, 0.2) is 0 Å². The summed E-state index contributed by atoms with van der Waals surface area (Å²) >= 11 is 6.11. The van der Waals surface area contributed by atoms with E-state index in [1.807, 2.05) is 17.7 Å². The first kappa shape index (κ1) is 12.9. The first-order chi connectivity index (χ1) is 8.76. The van der Waals surface area contributed by atoms with Gasteiger partial charge >= 0.3 is 0 Å². The number of rotatable bonds is 5. The van der Waals surface area contributed by atoms with Gasteiger partial charge in [0.1, 0.15) is 12.2 Å². The molecule has 0 amide bonds. The van der Waals surface area contributed by atoms with Gasteiger partial charge in [-0.1, -0.05) is 11.6 Å². The van der Waals surface area contributed by atoms with Crippen molar-refractivity contribution in [3.63, 3.8) is 0 Å². The molecule has 2 heterocycles. The maximum absolute atomic E-state index is 6.11. The minimum Gasteiger partial charge on any atom is -0.271 e. The molecule has 2 aromatic rings. The zero-order chi connectivity index (χ0) is 13.0.